The zero-order chi connectivity index (χ0) is 39.9. The first-order valence-corrected chi connectivity index (χ1v) is 20.3. The Balaban J connectivity index is 0.997. The molecule has 0 spiro atoms. The van der Waals surface area contributed by atoms with Gasteiger partial charge in [-0.3, -0.25) is 4.99 Å². The van der Waals surface area contributed by atoms with Gasteiger partial charge in [-0.1, -0.05) is 208 Å². The number of nitrogens with zero attached hydrogens (tertiary/aromatic N) is 1. The van der Waals surface area contributed by atoms with Crippen LogP contribution in [-0.4, -0.2) is 11.9 Å². The Morgan fingerprint density at radius 1 is 0.475 bits per heavy atom. The fourth-order valence-electron chi connectivity index (χ4n) is 9.06. The number of nitrogens with one attached hydrogen (secondary N) is 1. The van der Waals surface area contributed by atoms with Crippen molar-refractivity contribution < 1.29 is 0 Å². The molecule has 0 saturated heterocycles. The van der Waals surface area contributed by atoms with Crippen molar-refractivity contribution in [2.45, 2.75) is 19.3 Å². The summed E-state index contributed by atoms with van der Waals surface area (Å²) in [5.74, 6) is 0. The molecule has 0 heterocycles. The quantitative estimate of drug-likeness (QED) is 0.150. The van der Waals surface area contributed by atoms with Crippen molar-refractivity contribution in [1.82, 2.24) is 0 Å². The molecule has 0 aromatic heterocycles. The average molecular weight is 755 g/mol. The molecule has 0 fully saturated rings. The van der Waals surface area contributed by atoms with Crippen LogP contribution in [0, 0.1) is 5.41 Å². The van der Waals surface area contributed by atoms with Gasteiger partial charge in [-0.2, -0.15) is 0 Å². The maximum Gasteiger partial charge on any atom is 0.0729 e. The summed E-state index contributed by atoms with van der Waals surface area (Å²) in [6.45, 7) is 4.72. The summed E-state index contributed by atoms with van der Waals surface area (Å²) in [7, 11) is 0. The van der Waals surface area contributed by atoms with Gasteiger partial charge >= 0.3 is 0 Å². The van der Waals surface area contributed by atoms with Gasteiger partial charge in [0, 0.05) is 22.8 Å². The number of fused-ring (bicyclic) bond motifs is 6. The van der Waals surface area contributed by atoms with Crippen molar-refractivity contribution in [2.24, 2.45) is 4.99 Å². The largest absolute Gasteiger partial charge is 0.300 e. The average Bonchev–Trinajstić information content (AvgIpc) is 3.53. The number of benzene rings is 9. The molecule has 0 amide bonds. The standard InChI is InChI=1S/C57H42N2/c1-57(2)53-34-31-43(35-52(53)51-33-29-40-17-9-10-22-48(40)56(51)57)38-25-27-41(28-26-38)47-32-30-44(46-21-11-13-23-49(46)47)37-59-55(36-54(58)42-18-7-4-8-19-42)50-24-14-12-20-45(50)39-15-5-3-6-16-39/h3-37,58H,1-2H3/b55-36-,58-54?,59-37?. The van der Waals surface area contributed by atoms with Gasteiger partial charge in [0.25, 0.3) is 0 Å². The van der Waals surface area contributed by atoms with Crippen LogP contribution in [0.1, 0.15) is 41.7 Å². The van der Waals surface area contributed by atoms with Gasteiger partial charge in [0.15, 0.2) is 0 Å². The maximum absolute atomic E-state index is 9.05. The molecule has 0 radical (unpaired) electrons. The van der Waals surface area contributed by atoms with Crippen molar-refractivity contribution >= 4 is 39.2 Å². The molecule has 1 aliphatic rings. The number of rotatable bonds is 8. The summed E-state index contributed by atoms with van der Waals surface area (Å²) in [5.41, 5.74) is 16.3. The van der Waals surface area contributed by atoms with Crippen LogP contribution in [0.25, 0.3) is 71.7 Å². The highest BCUT2D eigenvalue weighted by atomic mass is 14.7. The molecular weight excluding hydrogens is 713 g/mol. The molecule has 9 aromatic rings. The molecule has 1 N–H and O–H groups in total. The van der Waals surface area contributed by atoms with Gasteiger partial charge in [-0.15, -0.1) is 0 Å². The molecule has 59 heavy (non-hydrogen) atoms. The normalized spacial score (nSPS) is 13.2. The lowest BCUT2D eigenvalue weighted by atomic mass is 9.80. The number of hydrogen-bond acceptors (Lipinski definition) is 2. The van der Waals surface area contributed by atoms with Crippen molar-refractivity contribution in [3.63, 3.8) is 0 Å². The van der Waals surface area contributed by atoms with Crippen LogP contribution >= 0.6 is 0 Å². The SMILES string of the molecule is CC1(C)c2ccc(-c3ccc(-c4ccc(C=N/C(=C\C(=N)c5ccccc5)c5ccccc5-c5ccccc5)c5ccccc45)cc3)cc2-c2ccc3ccccc3c21. The van der Waals surface area contributed by atoms with E-state index in [4.69, 9.17) is 10.4 Å². The molecule has 2 nitrogen and oxygen atoms in total. The second kappa shape index (κ2) is 14.8. The second-order valence-electron chi connectivity index (χ2n) is 15.9. The summed E-state index contributed by atoms with van der Waals surface area (Å²) in [5, 5.41) is 14.0. The molecule has 0 saturated carbocycles. The lowest BCUT2D eigenvalue weighted by Gasteiger charge is -2.23. The summed E-state index contributed by atoms with van der Waals surface area (Å²) >= 11 is 0. The third-order valence-electron chi connectivity index (χ3n) is 12.0. The number of hydrogen-bond donors (Lipinski definition) is 1. The Morgan fingerprint density at radius 3 is 1.88 bits per heavy atom. The van der Waals surface area contributed by atoms with E-state index >= 15 is 0 Å². The minimum Gasteiger partial charge on any atom is -0.300 e. The van der Waals surface area contributed by atoms with E-state index in [0.717, 1.165) is 38.9 Å². The summed E-state index contributed by atoms with van der Waals surface area (Å²) < 4.78 is 0. The highest BCUT2D eigenvalue weighted by Crippen LogP contribution is 2.52. The van der Waals surface area contributed by atoms with Gasteiger partial charge in [0.2, 0.25) is 0 Å². The molecule has 0 unspecified atom stereocenters. The Hall–Kier alpha value is -7.42. The predicted molar refractivity (Wildman–Crippen MR) is 251 cm³/mol. The van der Waals surface area contributed by atoms with E-state index in [-0.39, 0.29) is 5.41 Å². The topological polar surface area (TPSA) is 36.2 Å². The zero-order valence-electron chi connectivity index (χ0n) is 33.2. The minimum absolute atomic E-state index is 0.0679. The summed E-state index contributed by atoms with van der Waals surface area (Å²) in [4.78, 5) is 5.17. The van der Waals surface area contributed by atoms with Crippen LogP contribution in [-0.2, 0) is 5.41 Å². The predicted octanol–water partition coefficient (Wildman–Crippen LogP) is 14.8. The smallest absolute Gasteiger partial charge is 0.0729 e. The molecule has 1 aliphatic carbocycles. The van der Waals surface area contributed by atoms with E-state index < -0.39 is 0 Å². The Kier molecular flexibility index (Phi) is 9.03. The Bertz CT molecular complexity index is 3110. The van der Waals surface area contributed by atoms with Gasteiger partial charge < -0.3 is 5.41 Å². The van der Waals surface area contributed by atoms with Crippen LogP contribution < -0.4 is 0 Å². The van der Waals surface area contributed by atoms with Gasteiger partial charge in [-0.05, 0) is 94.9 Å². The van der Waals surface area contributed by atoms with Crippen molar-refractivity contribution in [3.8, 4) is 44.5 Å². The monoisotopic (exact) mass is 754 g/mol. The lowest BCUT2D eigenvalue weighted by molar-refractivity contribution is 0.666. The first-order valence-electron chi connectivity index (χ1n) is 20.3. The van der Waals surface area contributed by atoms with Crippen LogP contribution in [0.3, 0.4) is 0 Å². The Labute approximate surface area is 346 Å². The van der Waals surface area contributed by atoms with Crippen LogP contribution in [0.2, 0.25) is 0 Å². The number of allylic oxidation sites excluding steroid dienone is 1. The van der Waals surface area contributed by atoms with E-state index in [1.807, 2.05) is 54.8 Å². The first-order chi connectivity index (χ1) is 28.9. The van der Waals surface area contributed by atoms with Crippen molar-refractivity contribution in [1.29, 1.82) is 5.41 Å². The van der Waals surface area contributed by atoms with Crippen LogP contribution in [0.4, 0.5) is 0 Å². The molecule has 0 atom stereocenters. The highest BCUT2D eigenvalue weighted by Gasteiger charge is 2.36. The molecule has 280 valence electrons. The molecule has 10 rings (SSSR count). The Morgan fingerprint density at radius 2 is 1.08 bits per heavy atom. The highest BCUT2D eigenvalue weighted by molar-refractivity contribution is 6.12. The molecule has 2 heteroatoms. The third kappa shape index (κ3) is 6.49. The summed E-state index contributed by atoms with van der Waals surface area (Å²) in [6.07, 6.45) is 3.84. The summed E-state index contributed by atoms with van der Waals surface area (Å²) in [6, 6.07) is 70.9. The van der Waals surface area contributed by atoms with E-state index in [1.54, 1.807) is 0 Å². The fraction of sp³-hybridized carbons (Fsp3) is 0.0526. The van der Waals surface area contributed by atoms with E-state index in [1.165, 1.54) is 60.7 Å². The maximum atomic E-state index is 9.05. The molecule has 0 bridgehead atoms. The minimum atomic E-state index is -0.0679. The van der Waals surface area contributed by atoms with Gasteiger partial charge in [0.05, 0.1) is 11.4 Å². The number of aliphatic imine (C=N–C) groups is 1. The molecule has 0 aliphatic heterocycles. The zero-order valence-corrected chi connectivity index (χ0v) is 33.2. The third-order valence-corrected chi connectivity index (χ3v) is 12.0. The van der Waals surface area contributed by atoms with Gasteiger partial charge in [0.1, 0.15) is 0 Å². The van der Waals surface area contributed by atoms with Gasteiger partial charge in [-0.25, -0.2) is 0 Å². The second-order valence-corrected chi connectivity index (χ2v) is 15.9. The van der Waals surface area contributed by atoms with E-state index in [9.17, 15) is 0 Å². The fourth-order valence-corrected chi connectivity index (χ4v) is 9.06. The van der Waals surface area contributed by atoms with Crippen LogP contribution in [0.15, 0.2) is 211 Å². The molecular formula is C57H42N2. The molecule has 9 aromatic carbocycles. The van der Waals surface area contributed by atoms with E-state index in [2.05, 4.69) is 172 Å². The first kappa shape index (κ1) is 36.0. The van der Waals surface area contributed by atoms with Crippen molar-refractivity contribution in [2.75, 3.05) is 0 Å². The van der Waals surface area contributed by atoms with Crippen LogP contribution in [0.5, 0.6) is 0 Å². The van der Waals surface area contributed by atoms with E-state index in [0.29, 0.717) is 5.71 Å². The van der Waals surface area contributed by atoms with Crippen molar-refractivity contribution in [3.05, 3.63) is 234 Å². The lowest BCUT2D eigenvalue weighted by Crippen LogP contribution is -2.15.